The number of fused-ring (bicyclic) bond motifs is 5. The number of nitrogens with zero attached hydrogens (tertiary/aromatic N) is 20. The minimum absolute atomic E-state index is 0.00422. The average molecular weight is 1580 g/mol. The van der Waals surface area contributed by atoms with Crippen LogP contribution in [0.2, 0.25) is 0 Å². The van der Waals surface area contributed by atoms with E-state index in [1.807, 2.05) is 0 Å². The number of rotatable bonds is 28. The normalized spacial score (nSPS) is 28.9. The molecule has 10 aromatic heterocycles. The maximum atomic E-state index is 14.8. The molecule has 16 N–H and O–H groups in total. The van der Waals surface area contributed by atoms with E-state index in [4.69, 9.17) is 93.1 Å². The molecule has 0 saturated carbocycles. The van der Waals surface area contributed by atoms with Crippen molar-refractivity contribution in [1.82, 2.24) is 97.6 Å². The first-order valence-corrected chi connectivity index (χ1v) is 39.7. The summed E-state index contributed by atoms with van der Waals surface area (Å²) in [5.74, 6) is 0.152. The van der Waals surface area contributed by atoms with E-state index >= 15 is 0 Å². The van der Waals surface area contributed by atoms with Gasteiger partial charge in [-0.3, -0.25) is 59.1 Å². The summed E-state index contributed by atoms with van der Waals surface area (Å²) in [6.45, 7) is -2.91. The molecule has 0 aliphatic carbocycles. The summed E-state index contributed by atoms with van der Waals surface area (Å²) < 4.78 is 158. The molecule has 15 rings (SSSR count). The van der Waals surface area contributed by atoms with Crippen LogP contribution >= 0.6 is 38.9 Å². The highest BCUT2D eigenvalue weighted by atomic mass is 31.2. The first-order chi connectivity index (χ1) is 50.5. The highest BCUT2D eigenvalue weighted by molar-refractivity contribution is 7.53. The molecule has 50 nitrogen and oxygen atoms in total. The summed E-state index contributed by atoms with van der Waals surface area (Å²) in [4.78, 5) is 116. The fourth-order valence-corrected chi connectivity index (χ4v) is 17.1. The number of aromatic nitrogens is 20. The van der Waals surface area contributed by atoms with Gasteiger partial charge in [0.2, 0.25) is 0 Å². The van der Waals surface area contributed by atoms with Gasteiger partial charge in [0.15, 0.2) is 57.3 Å². The highest BCUT2D eigenvalue weighted by Crippen LogP contribution is 2.56. The molecule has 106 heavy (non-hydrogen) atoms. The Bertz CT molecular complexity index is 5190. The minimum Gasteiger partial charge on any atom is -0.390 e. The Morgan fingerprint density at radius 1 is 0.358 bits per heavy atom. The zero-order valence-electron chi connectivity index (χ0n) is 54.5. The summed E-state index contributed by atoms with van der Waals surface area (Å²) >= 11 is 0. The van der Waals surface area contributed by atoms with E-state index < -0.39 is 164 Å². The molecule has 568 valence electrons. The van der Waals surface area contributed by atoms with E-state index in [9.17, 15) is 52.4 Å². The van der Waals surface area contributed by atoms with Crippen LogP contribution in [0.5, 0.6) is 0 Å². The van der Waals surface area contributed by atoms with Crippen LogP contribution in [0.25, 0.3) is 55.8 Å². The average Bonchev–Trinajstić information content (AvgIpc) is 1.65. The molecule has 0 aromatic carbocycles. The van der Waals surface area contributed by atoms with Gasteiger partial charge in [-0.25, -0.2) is 93.0 Å². The van der Waals surface area contributed by atoms with Crippen molar-refractivity contribution >= 4 is 124 Å². The molecule has 0 amide bonds. The molecule has 55 heteroatoms. The van der Waals surface area contributed by atoms with Crippen LogP contribution in [-0.2, 0) is 87.2 Å². The molecular weight excluding hydrogens is 1520 g/mol. The predicted octanol–water partition coefficient (Wildman–Crippen LogP) is 0.736. The fraction of sp³-hybridized carbons (Fsp3) is 0.510. The van der Waals surface area contributed by atoms with E-state index in [1.165, 1.54) is 73.5 Å². The zero-order chi connectivity index (χ0) is 74.4. The number of aliphatic hydroxyl groups is 1. The molecule has 5 fully saturated rings. The molecule has 0 radical (unpaired) electrons. The summed E-state index contributed by atoms with van der Waals surface area (Å²) in [5, 5.41) is 11.0. The van der Waals surface area contributed by atoms with Crippen molar-refractivity contribution in [2.24, 2.45) is 0 Å². The Hall–Kier alpha value is -7.90. The molecule has 5 saturated heterocycles. The van der Waals surface area contributed by atoms with E-state index in [0.29, 0.717) is 5.65 Å². The Labute approximate surface area is 592 Å². The molecule has 0 bridgehead atoms. The standard InChI is InChI=1S/C51H64N25O25P5/c1-102(78,88-8-28-24(4-34(94-28)74-19-69-39-44(54)59-14-64-49(39)74)99-104(82,83)90-7-27-22(77)2-32(93-27)72-17-67-37-42(52)57-12-62-47(37)72)98-23-3-33(73-18-68-38-43(53)58-13-63-48(38)73)96-30(23)10-91-105(84,85)101-26-6-36(76-21-71-41-46(56)61-16-66-51(41)76)97-31(26)11-92-106(86,87)100-25-5-35(95-29(25)9-89-103(79,80)81)75-20-70-40-45(55)60-15-65-50(40)75/h12-36,77H,2-11H2,1H3,(H,82,83)(H,84,85)(H,86,87)(H2,52,57,62)(H2,53,58,63)(H2,54,59,64)(H2,55,60,65)(H2,56,61,66)(H2,79,80,81)/t22-,23-,24-,25-,26-,27+,28+,29+,30+,31+,32+,33+,34+,35+,36+,102?/m0/s1. The zero-order valence-corrected chi connectivity index (χ0v) is 59.0. The second kappa shape index (κ2) is 28.9. The van der Waals surface area contributed by atoms with Crippen LogP contribution < -0.4 is 28.7 Å². The summed E-state index contributed by atoms with van der Waals surface area (Å²) in [6.07, 6.45) is -7.91. The second-order valence-electron chi connectivity index (χ2n) is 24.5. The first-order valence-electron chi connectivity index (χ1n) is 31.7. The fourth-order valence-electron chi connectivity index (χ4n) is 12.7. The summed E-state index contributed by atoms with van der Waals surface area (Å²) in [5.41, 5.74) is 32.2. The van der Waals surface area contributed by atoms with Crippen molar-refractivity contribution < 1.29 is 117 Å². The quantitative estimate of drug-likeness (QED) is 0.0301. The largest absolute Gasteiger partial charge is 0.472 e. The van der Waals surface area contributed by atoms with Crippen LogP contribution in [0.3, 0.4) is 0 Å². The van der Waals surface area contributed by atoms with Gasteiger partial charge in [0.1, 0.15) is 139 Å². The van der Waals surface area contributed by atoms with Gasteiger partial charge >= 0.3 is 38.9 Å². The van der Waals surface area contributed by atoms with Crippen molar-refractivity contribution in [1.29, 1.82) is 0 Å². The number of imidazole rings is 5. The van der Waals surface area contributed by atoms with Gasteiger partial charge in [0, 0.05) is 38.8 Å². The Morgan fingerprint density at radius 3 is 0.896 bits per heavy atom. The van der Waals surface area contributed by atoms with Crippen molar-refractivity contribution in [2.75, 3.05) is 68.4 Å². The lowest BCUT2D eigenvalue weighted by Crippen LogP contribution is -2.32. The monoisotopic (exact) mass is 1580 g/mol. The number of hydrogen-bond donors (Lipinski definition) is 11. The number of hydrogen-bond acceptors (Lipinski definition) is 40. The molecule has 5 aliphatic rings. The Balaban J connectivity index is 0.641. The van der Waals surface area contributed by atoms with Crippen LogP contribution in [0, 0.1) is 0 Å². The van der Waals surface area contributed by atoms with Gasteiger partial charge in [-0.1, -0.05) is 0 Å². The molecular formula is C51H64N25O25P5. The number of nitrogens with two attached hydrogens (primary N) is 5. The van der Waals surface area contributed by atoms with E-state index in [-0.39, 0.29) is 111 Å². The second-order valence-corrected chi connectivity index (χ2v) is 32.0. The lowest BCUT2D eigenvalue weighted by atomic mass is 10.2. The number of anilines is 5. The number of aliphatic hydroxyl groups excluding tert-OH is 1. The third-order valence-corrected chi connectivity index (χ3v) is 22.4. The van der Waals surface area contributed by atoms with Gasteiger partial charge in [-0.05, 0) is 0 Å². The van der Waals surface area contributed by atoms with E-state index in [0.717, 1.165) is 19.3 Å². The molecule has 5 aliphatic heterocycles. The molecule has 4 unspecified atom stereocenters. The summed E-state index contributed by atoms with van der Waals surface area (Å²) in [6, 6.07) is 0. The first kappa shape index (κ1) is 73.6. The van der Waals surface area contributed by atoms with Gasteiger partial charge in [0.05, 0.1) is 76.9 Å². The van der Waals surface area contributed by atoms with E-state index in [2.05, 4.69) is 74.8 Å². The smallest absolute Gasteiger partial charge is 0.390 e. The topological polar surface area (TPSA) is 684 Å². The number of phosphoric acid groups is 4. The Morgan fingerprint density at radius 2 is 0.604 bits per heavy atom. The maximum absolute atomic E-state index is 14.8. The molecule has 0 spiro atoms. The van der Waals surface area contributed by atoms with Crippen molar-refractivity contribution in [2.45, 2.75) is 124 Å². The van der Waals surface area contributed by atoms with Crippen LogP contribution in [0.1, 0.15) is 63.2 Å². The minimum atomic E-state index is -5.41. The van der Waals surface area contributed by atoms with Crippen molar-refractivity contribution in [3.63, 3.8) is 0 Å². The SMILES string of the molecule is CP(=O)(OC[C@H]1O[C@@H](n2cnc3c(N)ncnc32)C[C@@H]1OP(=O)(O)OC[C@H]1O[C@@H](n2cnc3c(N)ncnc32)C[C@@H]1O)O[C@H]1C[C@H](n2cnc3c(N)ncnc32)O[C@@H]1COP(=O)(O)O[C@H]1C[C@H](n2cnc3c(N)ncnc32)O[C@@H]1COP(=O)(O)O[C@H]1C[C@H](n2cnc3c(N)ncnc32)O[C@@H]1COP(=O)(O)O. The molecule has 15 heterocycles. The van der Waals surface area contributed by atoms with E-state index in [1.54, 1.807) is 0 Å². The van der Waals surface area contributed by atoms with Gasteiger partial charge < -0.3 is 91.0 Å². The van der Waals surface area contributed by atoms with Crippen LogP contribution in [-0.4, -0.2) is 228 Å². The molecule has 10 aromatic rings. The van der Waals surface area contributed by atoms with Crippen molar-refractivity contribution in [3.8, 4) is 0 Å². The maximum Gasteiger partial charge on any atom is 0.472 e. The Kier molecular flexibility index (Phi) is 20.1. The van der Waals surface area contributed by atoms with Gasteiger partial charge in [-0.15, -0.1) is 0 Å². The highest BCUT2D eigenvalue weighted by Gasteiger charge is 2.50. The van der Waals surface area contributed by atoms with Crippen LogP contribution in [0.4, 0.5) is 29.1 Å². The lowest BCUT2D eigenvalue weighted by molar-refractivity contribution is -0.0606. The predicted molar refractivity (Wildman–Crippen MR) is 352 cm³/mol. The van der Waals surface area contributed by atoms with Crippen LogP contribution in [0.15, 0.2) is 63.3 Å². The lowest BCUT2D eigenvalue weighted by Gasteiger charge is -2.26. The van der Waals surface area contributed by atoms with Crippen molar-refractivity contribution in [3.05, 3.63) is 63.3 Å². The van der Waals surface area contributed by atoms with Gasteiger partial charge in [0.25, 0.3) is 0 Å². The third-order valence-electron chi connectivity index (χ3n) is 17.6. The number of ether oxygens (including phenoxy) is 5. The molecule has 19 atom stereocenters. The third kappa shape index (κ3) is 15.5. The van der Waals surface area contributed by atoms with Gasteiger partial charge in [-0.2, -0.15) is 0 Å². The number of phosphoric ester groups is 4. The summed E-state index contributed by atoms with van der Waals surface area (Å²) in [7, 11) is -25.5. The number of nitrogen functional groups attached to an aromatic ring is 5.